The first-order chi connectivity index (χ1) is 14.8. The van der Waals surface area contributed by atoms with Crippen molar-refractivity contribution in [1.82, 2.24) is 14.9 Å². The van der Waals surface area contributed by atoms with Crippen molar-refractivity contribution in [2.45, 2.75) is 20.4 Å². The predicted octanol–water partition coefficient (Wildman–Crippen LogP) is 2.66. The summed E-state index contributed by atoms with van der Waals surface area (Å²) in [6, 6.07) is 14.3. The number of ether oxygens (including phenoxy) is 1. The van der Waals surface area contributed by atoms with Gasteiger partial charge in [-0.15, -0.1) is 0 Å². The van der Waals surface area contributed by atoms with Gasteiger partial charge < -0.3 is 14.6 Å². The molecule has 9 heteroatoms. The highest BCUT2D eigenvalue weighted by molar-refractivity contribution is 7.92. The summed E-state index contributed by atoms with van der Waals surface area (Å²) in [4.78, 5) is 16.7. The van der Waals surface area contributed by atoms with Gasteiger partial charge in [0.05, 0.1) is 18.6 Å². The summed E-state index contributed by atoms with van der Waals surface area (Å²) in [6.07, 6.45) is 4.70. The molecule has 0 radical (unpaired) electrons. The van der Waals surface area contributed by atoms with E-state index < -0.39 is 15.9 Å². The minimum absolute atomic E-state index is 0.295. The summed E-state index contributed by atoms with van der Waals surface area (Å²) in [5, 5.41) is 2.78. The van der Waals surface area contributed by atoms with Crippen LogP contribution >= 0.6 is 0 Å². The Morgan fingerprint density at radius 3 is 2.35 bits per heavy atom. The Balaban J connectivity index is 1.63. The fourth-order valence-electron chi connectivity index (χ4n) is 3.09. The van der Waals surface area contributed by atoms with Gasteiger partial charge in [-0.1, -0.05) is 12.1 Å². The number of anilines is 1. The van der Waals surface area contributed by atoms with Gasteiger partial charge in [-0.25, -0.2) is 13.4 Å². The van der Waals surface area contributed by atoms with E-state index in [1.54, 1.807) is 30.5 Å². The Labute approximate surface area is 182 Å². The lowest BCUT2D eigenvalue weighted by atomic mass is 10.2. The molecular weight excluding hydrogens is 416 g/mol. The first-order valence-electron chi connectivity index (χ1n) is 9.84. The van der Waals surface area contributed by atoms with Crippen molar-refractivity contribution in [2.75, 3.05) is 23.7 Å². The van der Waals surface area contributed by atoms with Crippen LogP contribution in [0, 0.1) is 6.92 Å². The first kappa shape index (κ1) is 22.4. The zero-order chi connectivity index (χ0) is 22.4. The lowest BCUT2D eigenvalue weighted by Gasteiger charge is -2.22. The van der Waals surface area contributed by atoms with E-state index in [1.165, 1.54) is 0 Å². The molecule has 2 aromatic carbocycles. The summed E-state index contributed by atoms with van der Waals surface area (Å²) in [6.45, 7) is 4.29. The van der Waals surface area contributed by atoms with E-state index in [9.17, 15) is 13.2 Å². The van der Waals surface area contributed by atoms with Gasteiger partial charge in [-0.2, -0.15) is 0 Å². The molecule has 1 aromatic heterocycles. The molecule has 0 saturated heterocycles. The third kappa shape index (κ3) is 5.85. The van der Waals surface area contributed by atoms with Crippen LogP contribution in [-0.4, -0.2) is 43.3 Å². The monoisotopic (exact) mass is 442 g/mol. The van der Waals surface area contributed by atoms with Crippen LogP contribution in [0.15, 0.2) is 60.9 Å². The average Bonchev–Trinajstić information content (AvgIpc) is 3.17. The van der Waals surface area contributed by atoms with Crippen LogP contribution in [0.4, 0.5) is 5.69 Å². The van der Waals surface area contributed by atoms with E-state index in [1.807, 2.05) is 48.9 Å². The lowest BCUT2D eigenvalue weighted by molar-refractivity contribution is -0.119. The van der Waals surface area contributed by atoms with Crippen molar-refractivity contribution >= 4 is 21.6 Å². The van der Waals surface area contributed by atoms with Crippen LogP contribution in [0.5, 0.6) is 5.75 Å². The van der Waals surface area contributed by atoms with Crippen LogP contribution in [0.3, 0.4) is 0 Å². The number of benzene rings is 2. The minimum Gasteiger partial charge on any atom is -0.494 e. The zero-order valence-corrected chi connectivity index (χ0v) is 18.6. The van der Waals surface area contributed by atoms with Crippen LogP contribution in [0.25, 0.3) is 5.69 Å². The zero-order valence-electron chi connectivity index (χ0n) is 17.8. The van der Waals surface area contributed by atoms with Gasteiger partial charge in [0.25, 0.3) is 0 Å². The van der Waals surface area contributed by atoms with Gasteiger partial charge in [-0.05, 0) is 55.8 Å². The Morgan fingerprint density at radius 1 is 1.13 bits per heavy atom. The van der Waals surface area contributed by atoms with Gasteiger partial charge in [0.2, 0.25) is 15.9 Å². The minimum atomic E-state index is -3.63. The second kappa shape index (κ2) is 9.65. The number of nitrogens with zero attached hydrogens (tertiary/aromatic N) is 3. The van der Waals surface area contributed by atoms with Crippen molar-refractivity contribution in [3.05, 3.63) is 72.3 Å². The quantitative estimate of drug-likeness (QED) is 0.550. The van der Waals surface area contributed by atoms with Crippen molar-refractivity contribution in [3.63, 3.8) is 0 Å². The first-order valence-corrected chi connectivity index (χ1v) is 11.7. The van der Waals surface area contributed by atoms with Gasteiger partial charge in [-0.3, -0.25) is 9.10 Å². The van der Waals surface area contributed by atoms with E-state index in [2.05, 4.69) is 10.3 Å². The molecule has 0 aliphatic heterocycles. The van der Waals surface area contributed by atoms with Gasteiger partial charge in [0, 0.05) is 24.6 Å². The molecule has 0 unspecified atom stereocenters. The van der Waals surface area contributed by atoms with Crippen molar-refractivity contribution in [1.29, 1.82) is 0 Å². The van der Waals surface area contributed by atoms with Crippen LogP contribution in [0.2, 0.25) is 0 Å². The van der Waals surface area contributed by atoms with Crippen molar-refractivity contribution in [2.24, 2.45) is 0 Å². The second-order valence-electron chi connectivity index (χ2n) is 6.98. The van der Waals surface area contributed by atoms with Crippen LogP contribution in [0.1, 0.15) is 18.3 Å². The number of carbonyl (C=O) groups excluding carboxylic acids is 1. The molecule has 3 rings (SSSR count). The number of amides is 1. The number of nitrogens with one attached hydrogen (secondary N) is 1. The summed E-state index contributed by atoms with van der Waals surface area (Å²) >= 11 is 0. The molecule has 0 atom stereocenters. The van der Waals surface area contributed by atoms with Crippen LogP contribution in [-0.2, 0) is 21.4 Å². The average molecular weight is 443 g/mol. The largest absolute Gasteiger partial charge is 0.494 e. The summed E-state index contributed by atoms with van der Waals surface area (Å²) in [7, 11) is -3.63. The molecule has 1 amide bonds. The molecular formula is C22H26N4O4S. The predicted molar refractivity (Wildman–Crippen MR) is 120 cm³/mol. The Kier molecular flexibility index (Phi) is 6.96. The third-order valence-electron chi connectivity index (χ3n) is 4.65. The number of aryl methyl sites for hydroxylation is 1. The highest BCUT2D eigenvalue weighted by Gasteiger charge is 2.20. The molecule has 0 saturated carbocycles. The molecule has 164 valence electrons. The fourth-order valence-corrected chi connectivity index (χ4v) is 3.94. The molecule has 0 aliphatic carbocycles. The van der Waals surface area contributed by atoms with Gasteiger partial charge in [0.15, 0.2) is 0 Å². The number of hydrogen-bond donors (Lipinski definition) is 1. The van der Waals surface area contributed by atoms with E-state index in [4.69, 9.17) is 4.74 Å². The SMILES string of the molecule is CCOc1ccc(N(CC(=O)NCc2ccc(-n3ccnc3C)cc2)S(C)(=O)=O)cc1. The summed E-state index contributed by atoms with van der Waals surface area (Å²) in [5.74, 6) is 1.13. The summed E-state index contributed by atoms with van der Waals surface area (Å²) < 4.78 is 32.9. The maximum atomic E-state index is 12.5. The van der Waals surface area contributed by atoms with E-state index in [0.29, 0.717) is 24.6 Å². The Morgan fingerprint density at radius 2 is 1.81 bits per heavy atom. The van der Waals surface area contributed by atoms with Gasteiger partial charge >= 0.3 is 0 Å². The molecule has 1 N–H and O–H groups in total. The lowest BCUT2D eigenvalue weighted by Crippen LogP contribution is -2.40. The molecule has 3 aromatic rings. The topological polar surface area (TPSA) is 93.5 Å². The number of carbonyl (C=O) groups is 1. The van der Waals surface area contributed by atoms with E-state index >= 15 is 0 Å². The van der Waals surface area contributed by atoms with E-state index in [-0.39, 0.29) is 6.54 Å². The Bertz CT molecular complexity index is 1120. The van der Waals surface area contributed by atoms with Gasteiger partial charge in [0.1, 0.15) is 18.1 Å². The maximum Gasteiger partial charge on any atom is 0.241 e. The highest BCUT2D eigenvalue weighted by atomic mass is 32.2. The Hall–Kier alpha value is -3.33. The summed E-state index contributed by atoms with van der Waals surface area (Å²) in [5.41, 5.74) is 2.28. The van der Waals surface area contributed by atoms with Crippen molar-refractivity contribution < 1.29 is 17.9 Å². The number of sulfonamides is 1. The molecule has 8 nitrogen and oxygen atoms in total. The smallest absolute Gasteiger partial charge is 0.241 e. The second-order valence-corrected chi connectivity index (χ2v) is 8.89. The number of aromatic nitrogens is 2. The molecule has 0 aliphatic rings. The molecule has 0 bridgehead atoms. The number of imidazole rings is 1. The molecule has 0 fully saturated rings. The fraction of sp³-hybridized carbons (Fsp3) is 0.273. The third-order valence-corrected chi connectivity index (χ3v) is 5.79. The highest BCUT2D eigenvalue weighted by Crippen LogP contribution is 2.21. The standard InChI is InChI=1S/C22H26N4O4S/c1-4-30-21-11-9-20(10-12-21)26(31(3,28)29)16-22(27)24-15-18-5-7-19(8-6-18)25-14-13-23-17(25)2/h5-14H,4,15-16H2,1-3H3,(H,24,27). The molecule has 31 heavy (non-hydrogen) atoms. The number of rotatable bonds is 9. The molecule has 1 heterocycles. The van der Waals surface area contributed by atoms with Crippen LogP contribution < -0.4 is 14.4 Å². The number of hydrogen-bond acceptors (Lipinski definition) is 5. The normalized spacial score (nSPS) is 11.2. The maximum absolute atomic E-state index is 12.5. The molecule has 0 spiro atoms. The van der Waals surface area contributed by atoms with E-state index in [0.717, 1.165) is 27.6 Å². The van der Waals surface area contributed by atoms with Crippen molar-refractivity contribution in [3.8, 4) is 11.4 Å².